The highest BCUT2D eigenvalue weighted by atomic mass is 16.5. The second kappa shape index (κ2) is 7.95. The van der Waals surface area contributed by atoms with Crippen LogP contribution >= 0.6 is 0 Å². The van der Waals surface area contributed by atoms with Crippen LogP contribution in [0.2, 0.25) is 0 Å². The first-order valence-corrected chi connectivity index (χ1v) is 9.94. The van der Waals surface area contributed by atoms with Gasteiger partial charge in [-0.15, -0.1) is 0 Å². The molecular formula is C25H26N4O. The van der Waals surface area contributed by atoms with E-state index in [1.165, 1.54) is 0 Å². The molecule has 4 aromatic rings. The summed E-state index contributed by atoms with van der Waals surface area (Å²) < 4.78 is 5.55. The lowest BCUT2D eigenvalue weighted by Gasteiger charge is -2.15. The minimum Gasteiger partial charge on any atom is -0.496 e. The minimum absolute atomic E-state index is 0.331. The van der Waals surface area contributed by atoms with Crippen LogP contribution in [0.25, 0.3) is 33.3 Å². The Morgan fingerprint density at radius 2 is 1.90 bits per heavy atom. The molecular weight excluding hydrogens is 372 g/mol. The van der Waals surface area contributed by atoms with Crippen LogP contribution in [0.1, 0.15) is 13.8 Å². The number of hydrogen-bond donors (Lipinski definition) is 3. The van der Waals surface area contributed by atoms with Crippen molar-refractivity contribution in [1.82, 2.24) is 9.97 Å². The lowest BCUT2D eigenvalue weighted by atomic mass is 10.0. The molecule has 0 bridgehead atoms. The third-order valence-corrected chi connectivity index (χ3v) is 5.31. The molecule has 0 saturated heterocycles. The summed E-state index contributed by atoms with van der Waals surface area (Å²) in [6.07, 6.45) is 3.83. The molecule has 152 valence electrons. The molecule has 0 atom stereocenters. The molecule has 0 aliphatic carbocycles. The Morgan fingerprint density at radius 1 is 1.10 bits per heavy atom. The van der Waals surface area contributed by atoms with Gasteiger partial charge >= 0.3 is 0 Å². The zero-order valence-corrected chi connectivity index (χ0v) is 17.5. The van der Waals surface area contributed by atoms with Gasteiger partial charge in [0.25, 0.3) is 0 Å². The van der Waals surface area contributed by atoms with E-state index in [4.69, 9.17) is 10.5 Å². The highest BCUT2D eigenvalue weighted by molar-refractivity contribution is 5.97. The summed E-state index contributed by atoms with van der Waals surface area (Å²) in [4.78, 5) is 7.87. The highest BCUT2D eigenvalue weighted by Crippen LogP contribution is 2.36. The number of para-hydroxylation sites is 1. The first-order valence-electron chi connectivity index (χ1n) is 9.94. The van der Waals surface area contributed by atoms with Gasteiger partial charge in [0.15, 0.2) is 0 Å². The fourth-order valence-electron chi connectivity index (χ4n) is 3.42. The summed E-state index contributed by atoms with van der Waals surface area (Å²) in [5, 5.41) is 4.34. The molecule has 2 heterocycles. The minimum atomic E-state index is 0.331. The number of rotatable bonds is 6. The molecule has 2 aromatic heterocycles. The highest BCUT2D eigenvalue weighted by Gasteiger charge is 2.13. The maximum Gasteiger partial charge on any atom is 0.137 e. The molecule has 0 radical (unpaired) electrons. The van der Waals surface area contributed by atoms with Gasteiger partial charge in [0, 0.05) is 40.2 Å². The summed E-state index contributed by atoms with van der Waals surface area (Å²) >= 11 is 0. The Labute approximate surface area is 176 Å². The average molecular weight is 399 g/mol. The van der Waals surface area contributed by atoms with Crippen LogP contribution in [-0.4, -0.2) is 17.1 Å². The molecule has 4 rings (SSSR count). The van der Waals surface area contributed by atoms with E-state index in [1.807, 2.05) is 54.9 Å². The van der Waals surface area contributed by atoms with Gasteiger partial charge in [-0.2, -0.15) is 0 Å². The number of pyridine rings is 1. The number of ether oxygens (including phenoxy) is 1. The van der Waals surface area contributed by atoms with Gasteiger partial charge in [-0.25, -0.2) is 4.98 Å². The molecule has 0 saturated carbocycles. The van der Waals surface area contributed by atoms with Crippen molar-refractivity contribution in [2.45, 2.75) is 13.8 Å². The predicted molar refractivity (Wildman–Crippen MR) is 126 cm³/mol. The fourth-order valence-corrected chi connectivity index (χ4v) is 3.42. The monoisotopic (exact) mass is 398 g/mol. The van der Waals surface area contributed by atoms with Gasteiger partial charge in [0.1, 0.15) is 11.4 Å². The number of hydrogen-bond acceptors (Lipinski definition) is 4. The molecule has 5 nitrogen and oxygen atoms in total. The SMILES string of the molecule is C=C(Nc1ccc(-c2cnc3[nH]cc(-c4ccccc4OC)c3c2)cc1N)C(C)C. The number of aromatic amines is 1. The Hall–Kier alpha value is -3.73. The number of methoxy groups -OCH3 is 1. The Morgan fingerprint density at radius 3 is 2.63 bits per heavy atom. The van der Waals surface area contributed by atoms with Crippen molar-refractivity contribution in [1.29, 1.82) is 0 Å². The summed E-state index contributed by atoms with van der Waals surface area (Å²) in [5.41, 5.74) is 13.7. The molecule has 0 aliphatic heterocycles. The van der Waals surface area contributed by atoms with E-state index in [2.05, 4.69) is 41.8 Å². The Bertz CT molecular complexity index is 1220. The zero-order chi connectivity index (χ0) is 21.3. The lowest BCUT2D eigenvalue weighted by Crippen LogP contribution is -2.06. The van der Waals surface area contributed by atoms with Crippen LogP contribution in [0.5, 0.6) is 5.75 Å². The quantitative estimate of drug-likeness (QED) is 0.345. The summed E-state index contributed by atoms with van der Waals surface area (Å²) in [6.45, 7) is 8.25. The summed E-state index contributed by atoms with van der Waals surface area (Å²) in [6, 6.07) is 16.1. The van der Waals surface area contributed by atoms with Crippen LogP contribution in [-0.2, 0) is 0 Å². The fraction of sp³-hybridized carbons (Fsp3) is 0.160. The van der Waals surface area contributed by atoms with Crippen LogP contribution in [0, 0.1) is 5.92 Å². The topological polar surface area (TPSA) is 76.0 Å². The second-order valence-electron chi connectivity index (χ2n) is 7.63. The van der Waals surface area contributed by atoms with E-state index in [1.54, 1.807) is 7.11 Å². The third-order valence-electron chi connectivity index (χ3n) is 5.31. The number of H-pyrrole nitrogens is 1. The number of aromatic nitrogens is 2. The van der Waals surface area contributed by atoms with Crippen LogP contribution in [0.15, 0.2) is 73.2 Å². The van der Waals surface area contributed by atoms with Gasteiger partial charge < -0.3 is 20.8 Å². The predicted octanol–water partition coefficient (Wildman–Crippen LogP) is 6.07. The first kappa shape index (κ1) is 19.6. The largest absolute Gasteiger partial charge is 0.496 e. The molecule has 0 fully saturated rings. The van der Waals surface area contributed by atoms with Crippen molar-refractivity contribution in [2.75, 3.05) is 18.2 Å². The van der Waals surface area contributed by atoms with Crippen molar-refractivity contribution in [3.63, 3.8) is 0 Å². The van der Waals surface area contributed by atoms with E-state index in [0.717, 1.165) is 50.4 Å². The number of nitrogens with two attached hydrogens (primary N) is 1. The van der Waals surface area contributed by atoms with Crippen molar-refractivity contribution >= 4 is 22.4 Å². The number of anilines is 2. The molecule has 5 heteroatoms. The maximum atomic E-state index is 6.31. The molecule has 2 aromatic carbocycles. The number of nitrogen functional groups attached to an aromatic ring is 1. The van der Waals surface area contributed by atoms with E-state index < -0.39 is 0 Å². The maximum absolute atomic E-state index is 6.31. The molecule has 0 aliphatic rings. The van der Waals surface area contributed by atoms with Crippen molar-refractivity contribution in [3.8, 4) is 28.0 Å². The number of allylic oxidation sites excluding steroid dienone is 1. The number of benzene rings is 2. The Kier molecular flexibility index (Phi) is 5.19. The van der Waals surface area contributed by atoms with E-state index >= 15 is 0 Å². The number of nitrogens with zero attached hydrogens (tertiary/aromatic N) is 1. The normalized spacial score (nSPS) is 11.1. The number of fused-ring (bicyclic) bond motifs is 1. The Balaban J connectivity index is 1.74. The van der Waals surface area contributed by atoms with Crippen molar-refractivity contribution in [2.24, 2.45) is 5.92 Å². The van der Waals surface area contributed by atoms with E-state index in [-0.39, 0.29) is 0 Å². The van der Waals surface area contributed by atoms with Gasteiger partial charge in [-0.3, -0.25) is 0 Å². The van der Waals surface area contributed by atoms with E-state index in [9.17, 15) is 0 Å². The van der Waals surface area contributed by atoms with Crippen molar-refractivity contribution < 1.29 is 4.74 Å². The number of nitrogens with one attached hydrogen (secondary N) is 2. The summed E-state index contributed by atoms with van der Waals surface area (Å²) in [7, 11) is 1.68. The van der Waals surface area contributed by atoms with Gasteiger partial charge in [0.2, 0.25) is 0 Å². The summed E-state index contributed by atoms with van der Waals surface area (Å²) in [5.74, 6) is 1.16. The van der Waals surface area contributed by atoms with Crippen molar-refractivity contribution in [3.05, 3.63) is 73.2 Å². The van der Waals surface area contributed by atoms with Crippen LogP contribution < -0.4 is 15.8 Å². The average Bonchev–Trinajstić information content (AvgIpc) is 3.18. The second-order valence-corrected chi connectivity index (χ2v) is 7.63. The molecule has 4 N–H and O–H groups in total. The molecule has 30 heavy (non-hydrogen) atoms. The standard InChI is InChI=1S/C25H26N4O/c1-15(2)16(3)29-23-10-9-17(12-22(23)26)18-11-20-21(14-28-25(20)27-13-18)19-7-5-6-8-24(19)30-4/h5-15,29H,3,26H2,1-2,4H3,(H,27,28). The molecule has 0 unspecified atom stereocenters. The van der Waals surface area contributed by atoms with Gasteiger partial charge in [-0.05, 0) is 35.7 Å². The van der Waals surface area contributed by atoms with Gasteiger partial charge in [0.05, 0.1) is 18.5 Å². The van der Waals surface area contributed by atoms with Crippen LogP contribution in [0.3, 0.4) is 0 Å². The third kappa shape index (κ3) is 3.62. The van der Waals surface area contributed by atoms with Gasteiger partial charge in [-0.1, -0.05) is 44.7 Å². The lowest BCUT2D eigenvalue weighted by molar-refractivity contribution is 0.416. The first-order chi connectivity index (χ1) is 14.5. The van der Waals surface area contributed by atoms with Crippen LogP contribution in [0.4, 0.5) is 11.4 Å². The zero-order valence-electron chi connectivity index (χ0n) is 17.5. The molecule has 0 spiro atoms. The van der Waals surface area contributed by atoms with E-state index in [0.29, 0.717) is 11.6 Å². The smallest absolute Gasteiger partial charge is 0.137 e. The molecule has 0 amide bonds.